The average molecular weight is 290 g/mol. The van der Waals surface area contributed by atoms with Gasteiger partial charge in [0.1, 0.15) is 0 Å². The van der Waals surface area contributed by atoms with E-state index in [2.05, 4.69) is 52.0 Å². The number of hydrogen-bond donors (Lipinski definition) is 1. The van der Waals surface area contributed by atoms with E-state index in [9.17, 15) is 4.79 Å². The van der Waals surface area contributed by atoms with Crippen LogP contribution in [0.15, 0.2) is 24.3 Å². The molecule has 0 saturated heterocycles. The summed E-state index contributed by atoms with van der Waals surface area (Å²) in [6, 6.07) is 8.46. The topological polar surface area (TPSA) is 46.3 Å². The summed E-state index contributed by atoms with van der Waals surface area (Å²) in [5.41, 5.74) is 8.21. The summed E-state index contributed by atoms with van der Waals surface area (Å²) in [5.74, 6) is 1.04. The van der Waals surface area contributed by atoms with Gasteiger partial charge in [0.2, 0.25) is 5.91 Å². The van der Waals surface area contributed by atoms with Crippen molar-refractivity contribution in [1.29, 1.82) is 0 Å². The van der Waals surface area contributed by atoms with Gasteiger partial charge in [0.05, 0.1) is 6.04 Å². The van der Waals surface area contributed by atoms with Gasteiger partial charge in [0.15, 0.2) is 0 Å². The molecule has 21 heavy (non-hydrogen) atoms. The van der Waals surface area contributed by atoms with Gasteiger partial charge in [-0.2, -0.15) is 0 Å². The molecule has 0 heterocycles. The number of amides is 1. The van der Waals surface area contributed by atoms with Gasteiger partial charge in [0.25, 0.3) is 0 Å². The second kappa shape index (κ2) is 8.18. The maximum absolute atomic E-state index is 12.4. The van der Waals surface area contributed by atoms with Gasteiger partial charge in [-0.05, 0) is 44.2 Å². The molecular weight excluding hydrogens is 260 g/mol. The molecule has 0 fully saturated rings. The molecule has 118 valence electrons. The van der Waals surface area contributed by atoms with Crippen molar-refractivity contribution >= 4 is 5.91 Å². The first-order valence-corrected chi connectivity index (χ1v) is 7.87. The lowest BCUT2D eigenvalue weighted by molar-refractivity contribution is -0.132. The lowest BCUT2D eigenvalue weighted by Crippen LogP contribution is -2.32. The summed E-state index contributed by atoms with van der Waals surface area (Å²) < 4.78 is 0. The highest BCUT2D eigenvalue weighted by atomic mass is 16.2. The fourth-order valence-corrected chi connectivity index (χ4v) is 2.61. The van der Waals surface area contributed by atoms with Gasteiger partial charge in [-0.3, -0.25) is 4.79 Å². The third-order valence-electron chi connectivity index (χ3n) is 4.14. The predicted octanol–water partition coefficient (Wildman–Crippen LogP) is 3.53. The van der Waals surface area contributed by atoms with Crippen molar-refractivity contribution in [2.24, 2.45) is 17.6 Å². The number of nitrogens with zero attached hydrogens (tertiary/aromatic N) is 1. The zero-order valence-corrected chi connectivity index (χ0v) is 14.1. The third-order valence-corrected chi connectivity index (χ3v) is 4.14. The second-order valence-corrected chi connectivity index (χ2v) is 6.53. The van der Waals surface area contributed by atoms with E-state index in [0.717, 1.165) is 6.42 Å². The van der Waals surface area contributed by atoms with E-state index in [-0.39, 0.29) is 17.9 Å². The molecular formula is C18H30N2O. The fourth-order valence-electron chi connectivity index (χ4n) is 2.61. The molecule has 1 aromatic rings. The Morgan fingerprint density at radius 3 is 2.24 bits per heavy atom. The van der Waals surface area contributed by atoms with Crippen LogP contribution in [-0.4, -0.2) is 24.4 Å². The normalized spacial score (nSPS) is 14.0. The molecule has 1 aromatic carbocycles. The standard InChI is InChI=1S/C18H30N2O/c1-13(2)10-16(12-19)11-18(21)20(5)15(4)17-8-6-14(3)7-9-17/h6-9,13,15-16H,10-12,19H2,1-5H3/t15?,16-/m0/s1. The first kappa shape index (κ1) is 17.7. The molecule has 0 aliphatic carbocycles. The van der Waals surface area contributed by atoms with Crippen LogP contribution in [0.3, 0.4) is 0 Å². The van der Waals surface area contributed by atoms with Gasteiger partial charge < -0.3 is 10.6 Å². The average Bonchev–Trinajstić information content (AvgIpc) is 2.45. The molecule has 0 spiro atoms. The molecule has 3 heteroatoms. The minimum absolute atomic E-state index is 0.0931. The number of aryl methyl sites for hydroxylation is 1. The highest BCUT2D eigenvalue weighted by Crippen LogP contribution is 2.22. The molecule has 0 aromatic heterocycles. The Morgan fingerprint density at radius 1 is 1.19 bits per heavy atom. The fraction of sp³-hybridized carbons (Fsp3) is 0.611. The Bertz CT molecular complexity index is 439. The lowest BCUT2D eigenvalue weighted by Gasteiger charge is -2.27. The van der Waals surface area contributed by atoms with Crippen molar-refractivity contribution in [3.05, 3.63) is 35.4 Å². The lowest BCUT2D eigenvalue weighted by atomic mass is 9.93. The Labute approximate surface area is 129 Å². The van der Waals surface area contributed by atoms with Crippen LogP contribution in [0, 0.1) is 18.8 Å². The largest absolute Gasteiger partial charge is 0.339 e. The molecule has 0 bridgehead atoms. The number of carbonyl (C=O) groups is 1. The highest BCUT2D eigenvalue weighted by molar-refractivity contribution is 5.76. The monoisotopic (exact) mass is 290 g/mol. The van der Waals surface area contributed by atoms with E-state index < -0.39 is 0 Å². The van der Waals surface area contributed by atoms with Crippen molar-refractivity contribution in [3.63, 3.8) is 0 Å². The Balaban J connectivity index is 2.66. The van der Waals surface area contributed by atoms with E-state index in [0.29, 0.717) is 18.9 Å². The zero-order valence-electron chi connectivity index (χ0n) is 14.1. The van der Waals surface area contributed by atoms with E-state index in [4.69, 9.17) is 5.73 Å². The summed E-state index contributed by atoms with van der Waals surface area (Å²) in [4.78, 5) is 14.3. The molecule has 1 amide bonds. The van der Waals surface area contributed by atoms with Crippen LogP contribution in [0.2, 0.25) is 0 Å². The van der Waals surface area contributed by atoms with Crippen molar-refractivity contribution in [2.45, 2.75) is 46.6 Å². The quantitative estimate of drug-likeness (QED) is 0.835. The van der Waals surface area contributed by atoms with Gasteiger partial charge in [-0.25, -0.2) is 0 Å². The van der Waals surface area contributed by atoms with Crippen LogP contribution in [-0.2, 0) is 4.79 Å². The van der Waals surface area contributed by atoms with Gasteiger partial charge in [-0.15, -0.1) is 0 Å². The molecule has 0 aliphatic heterocycles. The minimum Gasteiger partial charge on any atom is -0.339 e. The summed E-state index contributed by atoms with van der Waals surface area (Å²) in [5, 5.41) is 0. The maximum atomic E-state index is 12.4. The number of carbonyl (C=O) groups excluding carboxylic acids is 1. The van der Waals surface area contributed by atoms with E-state index in [1.807, 2.05) is 11.9 Å². The Hall–Kier alpha value is -1.35. The van der Waals surface area contributed by atoms with E-state index in [1.54, 1.807) is 0 Å². The van der Waals surface area contributed by atoms with Crippen LogP contribution in [0.1, 0.15) is 50.8 Å². The first-order chi connectivity index (χ1) is 9.85. The van der Waals surface area contributed by atoms with E-state index >= 15 is 0 Å². The molecule has 0 radical (unpaired) electrons. The highest BCUT2D eigenvalue weighted by Gasteiger charge is 2.21. The van der Waals surface area contributed by atoms with Crippen molar-refractivity contribution < 1.29 is 4.79 Å². The molecule has 1 unspecified atom stereocenters. The third kappa shape index (κ3) is 5.50. The minimum atomic E-state index is 0.0931. The van der Waals surface area contributed by atoms with Crippen molar-refractivity contribution in [2.75, 3.05) is 13.6 Å². The second-order valence-electron chi connectivity index (χ2n) is 6.53. The van der Waals surface area contributed by atoms with Crippen LogP contribution in [0.5, 0.6) is 0 Å². The molecule has 2 N–H and O–H groups in total. The predicted molar refractivity (Wildman–Crippen MR) is 89.0 cm³/mol. The van der Waals surface area contributed by atoms with Gasteiger partial charge in [0, 0.05) is 13.5 Å². The van der Waals surface area contributed by atoms with Gasteiger partial charge in [-0.1, -0.05) is 43.7 Å². The molecule has 2 atom stereocenters. The zero-order chi connectivity index (χ0) is 16.0. The van der Waals surface area contributed by atoms with Crippen LogP contribution >= 0.6 is 0 Å². The van der Waals surface area contributed by atoms with Crippen molar-refractivity contribution in [3.8, 4) is 0 Å². The van der Waals surface area contributed by atoms with Gasteiger partial charge >= 0.3 is 0 Å². The molecule has 3 nitrogen and oxygen atoms in total. The Morgan fingerprint density at radius 2 is 1.76 bits per heavy atom. The summed E-state index contributed by atoms with van der Waals surface area (Å²) >= 11 is 0. The number of benzene rings is 1. The SMILES string of the molecule is Cc1ccc(C(C)N(C)C(=O)C[C@@H](CN)CC(C)C)cc1. The van der Waals surface area contributed by atoms with Crippen LogP contribution < -0.4 is 5.73 Å². The molecule has 1 rings (SSSR count). The van der Waals surface area contributed by atoms with E-state index in [1.165, 1.54) is 11.1 Å². The maximum Gasteiger partial charge on any atom is 0.223 e. The molecule has 0 saturated carbocycles. The van der Waals surface area contributed by atoms with Crippen molar-refractivity contribution in [1.82, 2.24) is 4.90 Å². The number of hydrogen-bond acceptors (Lipinski definition) is 2. The number of rotatable bonds is 7. The smallest absolute Gasteiger partial charge is 0.223 e. The summed E-state index contributed by atoms with van der Waals surface area (Å²) in [6.45, 7) is 9.07. The summed E-state index contributed by atoms with van der Waals surface area (Å²) in [6.07, 6.45) is 1.55. The summed E-state index contributed by atoms with van der Waals surface area (Å²) in [7, 11) is 1.88. The first-order valence-electron chi connectivity index (χ1n) is 7.87. The van der Waals surface area contributed by atoms with Crippen LogP contribution in [0.25, 0.3) is 0 Å². The molecule has 0 aliphatic rings. The number of nitrogens with two attached hydrogens (primary N) is 1. The van der Waals surface area contributed by atoms with Crippen LogP contribution in [0.4, 0.5) is 0 Å². The Kier molecular flexibility index (Phi) is 6.90.